The summed E-state index contributed by atoms with van der Waals surface area (Å²) < 4.78 is 54.6. The van der Waals surface area contributed by atoms with E-state index in [0.29, 0.717) is 43.9 Å². The smallest absolute Gasteiger partial charge is 0.287 e. The molecule has 35 heavy (non-hydrogen) atoms. The van der Waals surface area contributed by atoms with Crippen molar-refractivity contribution in [3.8, 4) is 0 Å². The van der Waals surface area contributed by atoms with Gasteiger partial charge < -0.3 is 14.5 Å². The number of alkyl halides is 1. The molecule has 10 nitrogen and oxygen atoms in total. The maximum Gasteiger partial charge on any atom is 0.287 e. The zero-order valence-electron chi connectivity index (χ0n) is 19.5. The summed E-state index contributed by atoms with van der Waals surface area (Å²) in [5.74, 6) is 0.708. The van der Waals surface area contributed by atoms with Crippen LogP contribution in [-0.4, -0.2) is 66.0 Å². The van der Waals surface area contributed by atoms with Crippen molar-refractivity contribution in [2.45, 2.75) is 68.2 Å². The molecule has 2 aliphatic heterocycles. The molecule has 1 aliphatic carbocycles. The van der Waals surface area contributed by atoms with Crippen molar-refractivity contribution in [1.82, 2.24) is 19.1 Å². The van der Waals surface area contributed by atoms with E-state index in [1.54, 1.807) is 6.92 Å². The van der Waals surface area contributed by atoms with Crippen LogP contribution in [0.2, 0.25) is 5.02 Å². The van der Waals surface area contributed by atoms with E-state index >= 15 is 0 Å². The topological polar surface area (TPSA) is 120 Å². The van der Waals surface area contributed by atoms with Crippen LogP contribution in [0.5, 0.6) is 0 Å². The first-order chi connectivity index (χ1) is 16.7. The minimum Gasteiger partial charge on any atom is -0.427 e. The average Bonchev–Trinajstić information content (AvgIpc) is 3.62. The Hall–Kier alpha value is -2.02. The van der Waals surface area contributed by atoms with Gasteiger partial charge in [-0.15, -0.1) is 0 Å². The summed E-state index contributed by atoms with van der Waals surface area (Å²) in [5, 5.41) is 6.97. The van der Waals surface area contributed by atoms with Crippen molar-refractivity contribution in [3.05, 3.63) is 33.2 Å². The lowest BCUT2D eigenvalue weighted by Crippen LogP contribution is -2.42. The predicted octanol–water partition coefficient (Wildman–Crippen LogP) is 3.03. The average molecular weight is 530 g/mol. The molecule has 0 spiro atoms. The number of nitrogens with one attached hydrogen (secondary N) is 1. The van der Waals surface area contributed by atoms with E-state index in [-0.39, 0.29) is 54.0 Å². The van der Waals surface area contributed by atoms with Crippen LogP contribution in [0.25, 0.3) is 0 Å². The number of halogens is 2. The van der Waals surface area contributed by atoms with Gasteiger partial charge >= 0.3 is 0 Å². The zero-order chi connectivity index (χ0) is 24.8. The van der Waals surface area contributed by atoms with Crippen LogP contribution in [-0.2, 0) is 14.8 Å². The second-order valence-corrected chi connectivity index (χ2v) is 11.8. The summed E-state index contributed by atoms with van der Waals surface area (Å²) in [5.41, 5.74) is -1.37. The first kappa shape index (κ1) is 24.7. The summed E-state index contributed by atoms with van der Waals surface area (Å²) in [6.07, 6.45) is 5.14. The molecule has 5 rings (SSSR count). The molecule has 0 amide bonds. The molecule has 0 unspecified atom stereocenters. The fraction of sp³-hybridized carbons (Fsp3) is 0.682. The standard InChI is InChI=1S/C22H29ClFN5O5S/c1-14-21(34-19(27-14)15-3-4-15)35(31,32)28-8-5-16(6-9-28)29-20(30)18(23)17(11-26-29)25-12-22(24)7-2-10-33-13-22/h11,15-16,25H,2-10,12-13H2,1H3/t22-/m1/s1. The SMILES string of the molecule is Cc1nc(C2CC2)oc1S(=O)(=O)N1CCC(n2ncc(NC[C@]3(F)CCCOC3)c(Cl)c2=O)CC1. The summed E-state index contributed by atoms with van der Waals surface area (Å²) in [6.45, 7) is 2.58. The number of aromatic nitrogens is 3. The fourth-order valence-electron chi connectivity index (χ4n) is 4.63. The molecule has 0 radical (unpaired) electrons. The van der Waals surface area contributed by atoms with Gasteiger partial charge in [-0.3, -0.25) is 4.79 Å². The van der Waals surface area contributed by atoms with Crippen molar-refractivity contribution in [2.75, 3.05) is 38.2 Å². The van der Waals surface area contributed by atoms with Gasteiger partial charge in [0.05, 0.1) is 36.8 Å². The van der Waals surface area contributed by atoms with Gasteiger partial charge in [-0.2, -0.15) is 9.40 Å². The fourth-order valence-corrected chi connectivity index (χ4v) is 6.37. The highest BCUT2D eigenvalue weighted by Crippen LogP contribution is 2.41. The number of oxazole rings is 1. The molecule has 3 fully saturated rings. The van der Waals surface area contributed by atoms with Gasteiger partial charge in [-0.25, -0.2) is 22.5 Å². The van der Waals surface area contributed by atoms with Gasteiger partial charge in [-0.1, -0.05) is 11.6 Å². The highest BCUT2D eigenvalue weighted by molar-refractivity contribution is 7.89. The quantitative estimate of drug-likeness (QED) is 0.581. The largest absolute Gasteiger partial charge is 0.427 e. The summed E-state index contributed by atoms with van der Waals surface area (Å²) in [4.78, 5) is 17.2. The maximum absolute atomic E-state index is 14.8. The molecule has 1 N–H and O–H groups in total. The Morgan fingerprint density at radius 3 is 2.69 bits per heavy atom. The van der Waals surface area contributed by atoms with Crippen molar-refractivity contribution >= 4 is 27.3 Å². The van der Waals surface area contributed by atoms with Crippen molar-refractivity contribution in [1.29, 1.82) is 0 Å². The van der Waals surface area contributed by atoms with Gasteiger partial charge in [0.1, 0.15) is 5.02 Å². The van der Waals surface area contributed by atoms with Crippen molar-refractivity contribution in [3.63, 3.8) is 0 Å². The third kappa shape index (κ3) is 4.98. The molecule has 4 heterocycles. The number of piperidine rings is 1. The Morgan fingerprint density at radius 1 is 1.29 bits per heavy atom. The van der Waals surface area contributed by atoms with Crippen LogP contribution in [0.1, 0.15) is 62.1 Å². The Balaban J connectivity index is 1.24. The molecule has 0 aromatic carbocycles. The highest BCUT2D eigenvalue weighted by atomic mass is 35.5. The van der Waals surface area contributed by atoms with E-state index in [1.165, 1.54) is 15.2 Å². The summed E-state index contributed by atoms with van der Waals surface area (Å²) >= 11 is 6.30. The van der Waals surface area contributed by atoms with E-state index in [1.807, 2.05) is 0 Å². The normalized spacial score (nSPS) is 24.5. The Kier molecular flexibility index (Phi) is 6.66. The second kappa shape index (κ2) is 9.45. The van der Waals surface area contributed by atoms with Crippen LogP contribution in [0.4, 0.5) is 10.1 Å². The monoisotopic (exact) mass is 529 g/mol. The first-order valence-electron chi connectivity index (χ1n) is 11.9. The Labute approximate surface area is 207 Å². The number of sulfonamides is 1. The molecule has 2 aromatic heterocycles. The van der Waals surface area contributed by atoms with Gasteiger partial charge in [0.25, 0.3) is 20.7 Å². The van der Waals surface area contributed by atoms with Gasteiger partial charge in [0, 0.05) is 25.6 Å². The number of hydrogen-bond acceptors (Lipinski definition) is 8. The lowest BCUT2D eigenvalue weighted by Gasteiger charge is -2.31. The molecule has 3 aliphatic rings. The molecule has 0 bridgehead atoms. The van der Waals surface area contributed by atoms with Crippen molar-refractivity contribution < 1.29 is 22.0 Å². The van der Waals surface area contributed by atoms with E-state index in [9.17, 15) is 17.6 Å². The Bertz CT molecular complexity index is 1250. The number of nitrogens with zero attached hydrogens (tertiary/aromatic N) is 4. The van der Waals surface area contributed by atoms with Crippen LogP contribution in [0.15, 0.2) is 20.5 Å². The maximum atomic E-state index is 14.8. The number of hydrogen-bond donors (Lipinski definition) is 1. The Morgan fingerprint density at radius 2 is 2.03 bits per heavy atom. The van der Waals surface area contributed by atoms with Gasteiger partial charge in [-0.05, 0) is 45.4 Å². The lowest BCUT2D eigenvalue weighted by atomic mass is 9.99. The molecule has 1 saturated carbocycles. The minimum atomic E-state index is -3.82. The molecule has 13 heteroatoms. The molecular formula is C22H29ClFN5O5S. The highest BCUT2D eigenvalue weighted by Gasteiger charge is 2.38. The third-order valence-corrected chi connectivity index (χ3v) is 9.11. The number of rotatable bonds is 7. The molecular weight excluding hydrogens is 501 g/mol. The summed E-state index contributed by atoms with van der Waals surface area (Å²) in [6, 6.07) is -0.308. The van der Waals surface area contributed by atoms with E-state index in [2.05, 4.69) is 15.4 Å². The van der Waals surface area contributed by atoms with E-state index < -0.39 is 21.3 Å². The first-order valence-corrected chi connectivity index (χ1v) is 13.7. The number of ether oxygens (including phenoxy) is 1. The number of anilines is 1. The van der Waals surface area contributed by atoms with Gasteiger partial charge in [0.2, 0.25) is 0 Å². The lowest BCUT2D eigenvalue weighted by molar-refractivity contribution is -0.0234. The molecule has 1 atom stereocenters. The van der Waals surface area contributed by atoms with Crippen LogP contribution in [0.3, 0.4) is 0 Å². The summed E-state index contributed by atoms with van der Waals surface area (Å²) in [7, 11) is -3.82. The minimum absolute atomic E-state index is 0.000911. The molecule has 192 valence electrons. The van der Waals surface area contributed by atoms with E-state index in [0.717, 1.165) is 12.8 Å². The molecule has 2 aromatic rings. The number of aryl methyl sites for hydroxylation is 1. The third-order valence-electron chi connectivity index (χ3n) is 6.85. The van der Waals surface area contributed by atoms with E-state index in [4.69, 9.17) is 20.8 Å². The molecule has 2 saturated heterocycles. The van der Waals surface area contributed by atoms with Crippen LogP contribution < -0.4 is 10.9 Å². The van der Waals surface area contributed by atoms with Crippen LogP contribution >= 0.6 is 11.6 Å². The van der Waals surface area contributed by atoms with Gasteiger partial charge in [0.15, 0.2) is 11.6 Å². The zero-order valence-corrected chi connectivity index (χ0v) is 21.1. The van der Waals surface area contributed by atoms with Crippen molar-refractivity contribution in [2.24, 2.45) is 0 Å². The second-order valence-electron chi connectivity index (χ2n) is 9.62. The van der Waals surface area contributed by atoms with Crippen LogP contribution in [0, 0.1) is 6.92 Å². The predicted molar refractivity (Wildman–Crippen MR) is 126 cm³/mol.